The minimum atomic E-state index is -0.499. The monoisotopic (exact) mass is 475 g/mol. The molecule has 0 radical (unpaired) electrons. The number of likely N-dealkylation sites (N-methyl/N-ethyl adjacent to an activating group) is 1. The predicted molar refractivity (Wildman–Crippen MR) is 136 cm³/mol. The Bertz CT molecular complexity index is 1230. The third kappa shape index (κ3) is 6.77. The molecule has 0 unspecified atom stereocenters. The molecular formula is C27H33N5O3. The van der Waals surface area contributed by atoms with Gasteiger partial charge in [0.2, 0.25) is 5.91 Å². The van der Waals surface area contributed by atoms with E-state index in [9.17, 15) is 14.4 Å². The van der Waals surface area contributed by atoms with Crippen molar-refractivity contribution >= 4 is 5.91 Å². The molecule has 2 aromatic carbocycles. The van der Waals surface area contributed by atoms with Gasteiger partial charge in [-0.15, -0.1) is 0 Å². The SMILES string of the molecule is CCN1CCN(Cc2ccc(CNC(=O)Cn3c(=O)ccn(Cc4ccccc4)c3=O)cc2)CC1. The summed E-state index contributed by atoms with van der Waals surface area (Å²) in [6.45, 7) is 8.99. The molecular weight excluding hydrogens is 442 g/mol. The van der Waals surface area contributed by atoms with Crippen molar-refractivity contribution in [1.82, 2.24) is 24.3 Å². The Kier molecular flexibility index (Phi) is 8.28. The van der Waals surface area contributed by atoms with Crippen molar-refractivity contribution in [3.8, 4) is 0 Å². The molecule has 1 aromatic heterocycles. The van der Waals surface area contributed by atoms with Crippen molar-refractivity contribution in [2.45, 2.75) is 33.1 Å². The van der Waals surface area contributed by atoms with Crippen molar-refractivity contribution in [3.63, 3.8) is 0 Å². The van der Waals surface area contributed by atoms with Crippen LogP contribution in [0.2, 0.25) is 0 Å². The Hall–Kier alpha value is -3.49. The number of carbonyl (C=O) groups excluding carboxylic acids is 1. The first kappa shape index (κ1) is 24.6. The summed E-state index contributed by atoms with van der Waals surface area (Å²) in [5.41, 5.74) is 2.18. The Morgan fingerprint density at radius 3 is 2.11 bits per heavy atom. The van der Waals surface area contributed by atoms with Crippen molar-refractivity contribution in [3.05, 3.63) is 104 Å². The molecule has 8 heteroatoms. The average Bonchev–Trinajstić information content (AvgIpc) is 2.89. The van der Waals surface area contributed by atoms with Crippen LogP contribution < -0.4 is 16.6 Å². The molecule has 3 aromatic rings. The molecule has 1 saturated heterocycles. The summed E-state index contributed by atoms with van der Waals surface area (Å²) in [7, 11) is 0. The molecule has 1 N–H and O–H groups in total. The number of amides is 1. The molecule has 0 aliphatic carbocycles. The first-order valence-corrected chi connectivity index (χ1v) is 12.2. The van der Waals surface area contributed by atoms with Gasteiger partial charge in [0, 0.05) is 51.5 Å². The van der Waals surface area contributed by atoms with E-state index in [2.05, 4.69) is 34.2 Å². The van der Waals surface area contributed by atoms with Gasteiger partial charge in [-0.25, -0.2) is 4.79 Å². The normalized spacial score (nSPS) is 14.7. The summed E-state index contributed by atoms with van der Waals surface area (Å²) < 4.78 is 2.41. The summed E-state index contributed by atoms with van der Waals surface area (Å²) in [6, 6.07) is 19.0. The summed E-state index contributed by atoms with van der Waals surface area (Å²) in [5, 5.41) is 2.82. The molecule has 1 fully saturated rings. The van der Waals surface area contributed by atoms with Crippen LogP contribution in [0.5, 0.6) is 0 Å². The van der Waals surface area contributed by atoms with Crippen LogP contribution in [0, 0.1) is 0 Å². The Morgan fingerprint density at radius 1 is 0.800 bits per heavy atom. The first-order chi connectivity index (χ1) is 17.0. The highest BCUT2D eigenvalue weighted by atomic mass is 16.2. The van der Waals surface area contributed by atoms with Crippen molar-refractivity contribution in [2.75, 3.05) is 32.7 Å². The van der Waals surface area contributed by atoms with Gasteiger partial charge in [-0.2, -0.15) is 0 Å². The van der Waals surface area contributed by atoms with Gasteiger partial charge in [0.15, 0.2) is 0 Å². The number of nitrogens with zero attached hydrogens (tertiary/aromatic N) is 4. The minimum Gasteiger partial charge on any atom is -0.350 e. The van der Waals surface area contributed by atoms with Gasteiger partial charge in [0.25, 0.3) is 5.56 Å². The highest BCUT2D eigenvalue weighted by molar-refractivity contribution is 5.75. The largest absolute Gasteiger partial charge is 0.350 e. The number of benzene rings is 2. The van der Waals surface area contributed by atoms with E-state index in [4.69, 9.17) is 0 Å². The second kappa shape index (κ2) is 11.8. The quantitative estimate of drug-likeness (QED) is 0.508. The van der Waals surface area contributed by atoms with Gasteiger partial charge in [-0.3, -0.25) is 23.6 Å². The van der Waals surface area contributed by atoms with Crippen LogP contribution in [0.3, 0.4) is 0 Å². The molecule has 35 heavy (non-hydrogen) atoms. The molecule has 0 saturated carbocycles. The highest BCUT2D eigenvalue weighted by Gasteiger charge is 2.15. The standard InChI is InChI=1S/C27H33N5O3/c1-2-29-14-16-30(17-15-29)19-24-10-8-22(9-11-24)18-28-25(33)21-32-26(34)12-13-31(27(32)35)20-23-6-4-3-5-7-23/h3-13H,2,14-21H2,1H3,(H,28,33). The third-order valence-corrected chi connectivity index (χ3v) is 6.47. The Labute approximate surface area is 205 Å². The number of piperazine rings is 1. The van der Waals surface area contributed by atoms with Crippen LogP contribution in [0.15, 0.2) is 76.4 Å². The van der Waals surface area contributed by atoms with E-state index >= 15 is 0 Å². The molecule has 2 heterocycles. The fourth-order valence-electron chi connectivity index (χ4n) is 4.29. The summed E-state index contributed by atoms with van der Waals surface area (Å²) in [5.74, 6) is -0.375. The lowest BCUT2D eigenvalue weighted by molar-refractivity contribution is -0.121. The van der Waals surface area contributed by atoms with Crippen LogP contribution in [0.4, 0.5) is 0 Å². The van der Waals surface area contributed by atoms with E-state index in [1.807, 2.05) is 42.5 Å². The van der Waals surface area contributed by atoms with Crippen LogP contribution in [-0.2, 0) is 31.0 Å². The van der Waals surface area contributed by atoms with E-state index in [0.29, 0.717) is 13.1 Å². The average molecular weight is 476 g/mol. The number of carbonyl (C=O) groups is 1. The zero-order chi connectivity index (χ0) is 24.6. The molecule has 184 valence electrons. The van der Waals surface area contributed by atoms with E-state index in [-0.39, 0.29) is 12.5 Å². The number of rotatable bonds is 9. The van der Waals surface area contributed by atoms with E-state index in [1.165, 1.54) is 22.4 Å². The van der Waals surface area contributed by atoms with Crippen molar-refractivity contribution < 1.29 is 4.79 Å². The van der Waals surface area contributed by atoms with Crippen LogP contribution >= 0.6 is 0 Å². The van der Waals surface area contributed by atoms with Crippen LogP contribution in [0.1, 0.15) is 23.6 Å². The molecule has 1 aliphatic heterocycles. The maximum absolute atomic E-state index is 12.8. The summed E-state index contributed by atoms with van der Waals surface area (Å²) in [6.07, 6.45) is 1.47. The summed E-state index contributed by atoms with van der Waals surface area (Å²) in [4.78, 5) is 42.5. The second-order valence-electron chi connectivity index (χ2n) is 8.94. The zero-order valence-corrected chi connectivity index (χ0v) is 20.2. The Morgan fingerprint density at radius 2 is 1.43 bits per heavy atom. The maximum atomic E-state index is 12.8. The van der Waals surface area contributed by atoms with E-state index in [0.717, 1.165) is 55.0 Å². The third-order valence-electron chi connectivity index (χ3n) is 6.47. The van der Waals surface area contributed by atoms with Gasteiger partial charge < -0.3 is 10.2 Å². The highest BCUT2D eigenvalue weighted by Crippen LogP contribution is 2.10. The van der Waals surface area contributed by atoms with Crippen molar-refractivity contribution in [2.24, 2.45) is 0 Å². The molecule has 8 nitrogen and oxygen atoms in total. The van der Waals surface area contributed by atoms with Gasteiger partial charge in [-0.05, 0) is 23.2 Å². The predicted octanol–water partition coefficient (Wildman–Crippen LogP) is 1.51. The second-order valence-corrected chi connectivity index (χ2v) is 8.94. The molecule has 1 amide bonds. The fourth-order valence-corrected chi connectivity index (χ4v) is 4.29. The lowest BCUT2D eigenvalue weighted by atomic mass is 10.1. The Balaban J connectivity index is 1.30. The lowest BCUT2D eigenvalue weighted by Crippen LogP contribution is -2.45. The number of aromatic nitrogens is 2. The number of nitrogens with one attached hydrogen (secondary N) is 1. The lowest BCUT2D eigenvalue weighted by Gasteiger charge is -2.34. The topological polar surface area (TPSA) is 79.6 Å². The fraction of sp³-hybridized carbons (Fsp3) is 0.370. The smallest absolute Gasteiger partial charge is 0.331 e. The molecule has 1 aliphatic rings. The van der Waals surface area contributed by atoms with Gasteiger partial charge >= 0.3 is 5.69 Å². The number of hydrogen-bond acceptors (Lipinski definition) is 5. The van der Waals surface area contributed by atoms with E-state index < -0.39 is 11.2 Å². The minimum absolute atomic E-state index is 0.310. The molecule has 4 rings (SSSR count). The maximum Gasteiger partial charge on any atom is 0.331 e. The van der Waals surface area contributed by atoms with E-state index in [1.54, 1.807) is 0 Å². The van der Waals surface area contributed by atoms with Crippen LogP contribution in [-0.4, -0.2) is 57.6 Å². The van der Waals surface area contributed by atoms with Gasteiger partial charge in [0.1, 0.15) is 6.54 Å². The zero-order valence-electron chi connectivity index (χ0n) is 20.2. The molecule has 0 bridgehead atoms. The number of hydrogen-bond donors (Lipinski definition) is 1. The van der Waals surface area contributed by atoms with Crippen molar-refractivity contribution in [1.29, 1.82) is 0 Å². The first-order valence-electron chi connectivity index (χ1n) is 12.2. The molecule has 0 atom stereocenters. The van der Waals surface area contributed by atoms with Crippen LogP contribution in [0.25, 0.3) is 0 Å². The van der Waals surface area contributed by atoms with Gasteiger partial charge in [-0.1, -0.05) is 61.5 Å². The summed E-state index contributed by atoms with van der Waals surface area (Å²) >= 11 is 0. The molecule has 0 spiro atoms. The van der Waals surface area contributed by atoms with Gasteiger partial charge in [0.05, 0.1) is 6.54 Å².